The van der Waals surface area contributed by atoms with Crippen molar-refractivity contribution < 1.29 is 8.42 Å². The molecule has 0 aliphatic carbocycles. The fourth-order valence-electron chi connectivity index (χ4n) is 1.78. The van der Waals surface area contributed by atoms with Gasteiger partial charge in [0, 0.05) is 45.0 Å². The summed E-state index contributed by atoms with van der Waals surface area (Å²) in [6, 6.07) is 1.90. The minimum atomic E-state index is -3.33. The lowest BCUT2D eigenvalue weighted by Gasteiger charge is -2.25. The maximum atomic E-state index is 11.6. The van der Waals surface area contributed by atoms with Crippen molar-refractivity contribution in [2.75, 3.05) is 14.1 Å². The van der Waals surface area contributed by atoms with Gasteiger partial charge < -0.3 is 0 Å². The van der Waals surface area contributed by atoms with E-state index in [0.717, 1.165) is 18.7 Å². The van der Waals surface area contributed by atoms with E-state index in [1.54, 1.807) is 6.20 Å². The van der Waals surface area contributed by atoms with Gasteiger partial charge in [0.05, 0.1) is 0 Å². The molecule has 1 N–H and O–H groups in total. The fourth-order valence-corrected chi connectivity index (χ4v) is 2.62. The average molecular weight is 244 g/mol. The van der Waals surface area contributed by atoms with Gasteiger partial charge in [0.15, 0.2) is 0 Å². The number of rotatable bonds is 3. The first-order valence-electron chi connectivity index (χ1n) is 5.19. The molecule has 0 saturated heterocycles. The van der Waals surface area contributed by atoms with Crippen molar-refractivity contribution in [1.29, 1.82) is 0 Å². The molecule has 0 aromatic carbocycles. The molecule has 0 spiro atoms. The van der Waals surface area contributed by atoms with Crippen LogP contribution in [-0.2, 0) is 23.2 Å². The Kier molecular flexibility index (Phi) is 3.00. The van der Waals surface area contributed by atoms with Crippen molar-refractivity contribution in [3.05, 3.63) is 18.0 Å². The molecule has 0 fully saturated rings. The third-order valence-electron chi connectivity index (χ3n) is 2.75. The van der Waals surface area contributed by atoms with E-state index in [4.69, 9.17) is 0 Å². The van der Waals surface area contributed by atoms with Crippen molar-refractivity contribution in [2.24, 2.45) is 0 Å². The molecule has 1 aromatic rings. The first-order valence-corrected chi connectivity index (χ1v) is 6.63. The lowest BCUT2D eigenvalue weighted by atomic mass is 10.1. The quantitative estimate of drug-likeness (QED) is 0.786. The Hall–Kier alpha value is -0.920. The molecule has 1 aromatic heterocycles. The highest BCUT2D eigenvalue weighted by molar-refractivity contribution is 7.87. The van der Waals surface area contributed by atoms with Gasteiger partial charge in [-0.05, 0) is 12.5 Å². The summed E-state index contributed by atoms with van der Waals surface area (Å²) in [5.41, 5.74) is 1.08. The third-order valence-corrected chi connectivity index (χ3v) is 4.34. The summed E-state index contributed by atoms with van der Waals surface area (Å²) in [5.74, 6) is 0. The van der Waals surface area contributed by atoms with Gasteiger partial charge >= 0.3 is 0 Å². The number of nitrogens with one attached hydrogen (secondary N) is 1. The molecular weight excluding hydrogens is 228 g/mol. The number of hydrogen-bond donors (Lipinski definition) is 1. The van der Waals surface area contributed by atoms with Crippen molar-refractivity contribution in [3.8, 4) is 0 Å². The van der Waals surface area contributed by atoms with Crippen LogP contribution in [0.2, 0.25) is 0 Å². The zero-order chi connectivity index (χ0) is 11.8. The van der Waals surface area contributed by atoms with E-state index in [0.29, 0.717) is 6.42 Å². The topological polar surface area (TPSA) is 67.2 Å². The van der Waals surface area contributed by atoms with Gasteiger partial charge in [0.2, 0.25) is 0 Å². The molecule has 0 amide bonds. The van der Waals surface area contributed by atoms with Crippen LogP contribution in [0.25, 0.3) is 0 Å². The second kappa shape index (κ2) is 4.15. The molecular formula is C9H16N4O2S. The minimum absolute atomic E-state index is 0.0309. The molecule has 1 aliphatic heterocycles. The van der Waals surface area contributed by atoms with E-state index in [9.17, 15) is 8.42 Å². The Balaban J connectivity index is 2.05. The van der Waals surface area contributed by atoms with E-state index >= 15 is 0 Å². The lowest BCUT2D eigenvalue weighted by molar-refractivity contribution is 0.403. The van der Waals surface area contributed by atoms with Crippen molar-refractivity contribution in [2.45, 2.75) is 25.4 Å². The SMILES string of the molecule is CN(C)S(=O)(=O)N[C@H]1CCn2nccc2C1. The van der Waals surface area contributed by atoms with Gasteiger partial charge in [0.1, 0.15) is 0 Å². The van der Waals surface area contributed by atoms with Gasteiger partial charge in [-0.2, -0.15) is 22.5 Å². The summed E-state index contributed by atoms with van der Waals surface area (Å²) in [6.07, 6.45) is 3.23. The first-order chi connectivity index (χ1) is 7.49. The molecule has 6 nitrogen and oxygen atoms in total. The molecule has 16 heavy (non-hydrogen) atoms. The molecule has 0 unspecified atom stereocenters. The van der Waals surface area contributed by atoms with E-state index < -0.39 is 10.2 Å². The van der Waals surface area contributed by atoms with Crippen LogP contribution in [0.5, 0.6) is 0 Å². The first kappa shape index (κ1) is 11.6. The number of hydrogen-bond acceptors (Lipinski definition) is 3. The lowest BCUT2D eigenvalue weighted by Crippen LogP contribution is -2.45. The van der Waals surface area contributed by atoms with Gasteiger partial charge in [-0.15, -0.1) is 0 Å². The van der Waals surface area contributed by atoms with Gasteiger partial charge in [-0.1, -0.05) is 0 Å². The number of aryl methyl sites for hydroxylation is 1. The van der Waals surface area contributed by atoms with E-state index in [2.05, 4.69) is 9.82 Å². The maximum Gasteiger partial charge on any atom is 0.279 e. The molecule has 7 heteroatoms. The van der Waals surface area contributed by atoms with Gasteiger partial charge in [-0.25, -0.2) is 0 Å². The molecule has 2 heterocycles. The van der Waals surface area contributed by atoms with Gasteiger partial charge in [0.25, 0.3) is 10.2 Å². The molecule has 90 valence electrons. The summed E-state index contributed by atoms with van der Waals surface area (Å²) in [7, 11) is -0.283. The summed E-state index contributed by atoms with van der Waals surface area (Å²) < 4.78 is 29.1. The average Bonchev–Trinajstić information content (AvgIpc) is 2.63. The Morgan fingerprint density at radius 1 is 1.56 bits per heavy atom. The number of fused-ring (bicyclic) bond motifs is 1. The van der Waals surface area contributed by atoms with E-state index in [1.807, 2.05) is 10.7 Å². The summed E-state index contributed by atoms with van der Waals surface area (Å²) in [5, 5.41) is 4.15. The monoisotopic (exact) mass is 244 g/mol. The van der Waals surface area contributed by atoms with Crippen LogP contribution < -0.4 is 4.72 Å². The van der Waals surface area contributed by atoms with Crippen LogP contribution >= 0.6 is 0 Å². The van der Waals surface area contributed by atoms with Crippen LogP contribution in [0.4, 0.5) is 0 Å². The fraction of sp³-hybridized carbons (Fsp3) is 0.667. The second-order valence-electron chi connectivity index (χ2n) is 4.14. The van der Waals surface area contributed by atoms with Crippen LogP contribution in [0.15, 0.2) is 12.3 Å². The predicted molar refractivity (Wildman–Crippen MR) is 60.1 cm³/mol. The Morgan fingerprint density at radius 2 is 2.31 bits per heavy atom. The van der Waals surface area contributed by atoms with Gasteiger partial charge in [-0.3, -0.25) is 4.68 Å². The summed E-state index contributed by atoms with van der Waals surface area (Å²) >= 11 is 0. The highest BCUT2D eigenvalue weighted by atomic mass is 32.2. The highest BCUT2D eigenvalue weighted by Gasteiger charge is 2.24. The minimum Gasteiger partial charge on any atom is -0.269 e. The molecule has 1 aliphatic rings. The van der Waals surface area contributed by atoms with Crippen molar-refractivity contribution >= 4 is 10.2 Å². The zero-order valence-electron chi connectivity index (χ0n) is 9.42. The molecule has 0 bridgehead atoms. The Bertz CT molecular complexity index is 466. The molecule has 2 rings (SSSR count). The Morgan fingerprint density at radius 3 is 3.00 bits per heavy atom. The maximum absolute atomic E-state index is 11.6. The zero-order valence-corrected chi connectivity index (χ0v) is 10.2. The van der Waals surface area contributed by atoms with Crippen LogP contribution in [0.3, 0.4) is 0 Å². The number of nitrogens with zero attached hydrogens (tertiary/aromatic N) is 3. The summed E-state index contributed by atoms with van der Waals surface area (Å²) in [4.78, 5) is 0. The van der Waals surface area contributed by atoms with E-state index in [1.165, 1.54) is 18.4 Å². The van der Waals surface area contributed by atoms with Crippen LogP contribution in [0.1, 0.15) is 12.1 Å². The number of aromatic nitrogens is 2. The molecule has 0 radical (unpaired) electrons. The van der Waals surface area contributed by atoms with Crippen LogP contribution in [-0.4, -0.2) is 42.6 Å². The normalized spacial score (nSPS) is 21.1. The standard InChI is InChI=1S/C9H16N4O2S/c1-12(2)16(14,15)11-8-4-6-13-9(7-8)3-5-10-13/h3,5,8,11H,4,6-7H2,1-2H3/t8-/m0/s1. The van der Waals surface area contributed by atoms with Crippen molar-refractivity contribution in [3.63, 3.8) is 0 Å². The predicted octanol–water partition coefficient (Wildman–Crippen LogP) is -0.406. The van der Waals surface area contributed by atoms with Crippen molar-refractivity contribution in [1.82, 2.24) is 18.8 Å². The smallest absolute Gasteiger partial charge is 0.269 e. The van der Waals surface area contributed by atoms with E-state index in [-0.39, 0.29) is 6.04 Å². The largest absolute Gasteiger partial charge is 0.279 e. The van der Waals surface area contributed by atoms with Crippen LogP contribution in [0, 0.1) is 0 Å². The highest BCUT2D eigenvalue weighted by Crippen LogP contribution is 2.14. The molecule has 0 saturated carbocycles. The third kappa shape index (κ3) is 2.26. The summed E-state index contributed by atoms with van der Waals surface area (Å²) in [6.45, 7) is 0.767. The Labute approximate surface area is 95.4 Å². The molecule has 1 atom stereocenters. The second-order valence-corrected chi connectivity index (χ2v) is 6.06.